The van der Waals surface area contributed by atoms with Gasteiger partial charge in [-0.3, -0.25) is 9.59 Å². The van der Waals surface area contributed by atoms with Gasteiger partial charge < -0.3 is 9.47 Å². The molecule has 1 rings (SSSR count). The molecule has 0 amide bonds. The first-order chi connectivity index (χ1) is 17.7. The van der Waals surface area contributed by atoms with Crippen LogP contribution in [0.2, 0.25) is 0 Å². The minimum Gasteiger partial charge on any atom is -0.466 e. The van der Waals surface area contributed by atoms with E-state index in [9.17, 15) is 9.59 Å². The smallest absolute Gasteiger partial charge is 0.305 e. The molecule has 0 heterocycles. The summed E-state index contributed by atoms with van der Waals surface area (Å²) < 4.78 is 10.7. The number of carbonyl (C=O) groups excluding carboxylic acids is 2. The zero-order valence-corrected chi connectivity index (χ0v) is 23.3. The molecule has 4 heteroatoms. The van der Waals surface area contributed by atoms with E-state index >= 15 is 0 Å². The number of hydrogen-bond donors (Lipinski definition) is 0. The van der Waals surface area contributed by atoms with Gasteiger partial charge in [-0.25, -0.2) is 0 Å². The Morgan fingerprint density at radius 2 is 0.944 bits per heavy atom. The molecule has 0 N–H and O–H groups in total. The van der Waals surface area contributed by atoms with Gasteiger partial charge in [0.15, 0.2) is 0 Å². The lowest BCUT2D eigenvalue weighted by atomic mass is 10.1. The van der Waals surface area contributed by atoms with E-state index < -0.39 is 0 Å². The molecule has 0 aliphatic heterocycles. The van der Waals surface area contributed by atoms with Gasteiger partial charge in [0.25, 0.3) is 0 Å². The zero-order valence-electron chi connectivity index (χ0n) is 23.3. The predicted octanol–water partition coefficient (Wildman–Crippen LogP) is 9.14. The van der Waals surface area contributed by atoms with E-state index in [1.165, 1.54) is 69.8 Å². The lowest BCUT2D eigenvalue weighted by Crippen LogP contribution is -2.06. The second kappa shape index (κ2) is 24.8. The Labute approximate surface area is 221 Å². The van der Waals surface area contributed by atoms with Crippen LogP contribution in [-0.2, 0) is 25.5 Å². The van der Waals surface area contributed by atoms with E-state index in [0.29, 0.717) is 26.1 Å². The molecule has 206 valence electrons. The number of unbranched alkanes of at least 4 members (excludes halogenated alkanes) is 15. The van der Waals surface area contributed by atoms with Crippen LogP contribution >= 0.6 is 0 Å². The van der Waals surface area contributed by atoms with Gasteiger partial charge in [0.1, 0.15) is 0 Å². The Balaban J connectivity index is 1.77. The van der Waals surface area contributed by atoms with Crippen molar-refractivity contribution in [3.8, 4) is 0 Å². The van der Waals surface area contributed by atoms with Gasteiger partial charge in [-0.05, 0) is 37.7 Å². The molecule has 0 fully saturated rings. The fourth-order valence-corrected chi connectivity index (χ4v) is 4.45. The molecule has 0 radical (unpaired) electrons. The van der Waals surface area contributed by atoms with Crippen molar-refractivity contribution in [1.29, 1.82) is 0 Å². The maximum atomic E-state index is 11.9. The van der Waals surface area contributed by atoms with Crippen LogP contribution in [0.5, 0.6) is 0 Å². The summed E-state index contributed by atoms with van der Waals surface area (Å²) in [7, 11) is 0. The lowest BCUT2D eigenvalue weighted by molar-refractivity contribution is -0.144. The zero-order chi connectivity index (χ0) is 25.9. The van der Waals surface area contributed by atoms with Crippen molar-refractivity contribution in [1.82, 2.24) is 0 Å². The van der Waals surface area contributed by atoms with E-state index in [0.717, 1.165) is 57.8 Å². The first-order valence-corrected chi connectivity index (χ1v) is 15.1. The minimum atomic E-state index is -0.0800. The van der Waals surface area contributed by atoms with Gasteiger partial charge in [0, 0.05) is 12.8 Å². The van der Waals surface area contributed by atoms with Crippen LogP contribution < -0.4 is 0 Å². The van der Waals surface area contributed by atoms with Crippen LogP contribution in [-0.4, -0.2) is 25.2 Å². The molecular weight excluding hydrogens is 448 g/mol. The summed E-state index contributed by atoms with van der Waals surface area (Å²) >= 11 is 0. The average molecular weight is 503 g/mol. The van der Waals surface area contributed by atoms with Gasteiger partial charge >= 0.3 is 11.9 Å². The van der Waals surface area contributed by atoms with E-state index in [-0.39, 0.29) is 11.9 Å². The third kappa shape index (κ3) is 21.4. The van der Waals surface area contributed by atoms with E-state index in [4.69, 9.17) is 9.47 Å². The van der Waals surface area contributed by atoms with Gasteiger partial charge in [-0.2, -0.15) is 0 Å². The molecule has 0 aromatic heterocycles. The third-order valence-electron chi connectivity index (χ3n) is 6.74. The summed E-state index contributed by atoms with van der Waals surface area (Å²) in [5.41, 5.74) is 1.28. The molecule has 36 heavy (non-hydrogen) atoms. The maximum Gasteiger partial charge on any atom is 0.305 e. The van der Waals surface area contributed by atoms with Crippen molar-refractivity contribution in [2.24, 2.45) is 0 Å². The van der Waals surface area contributed by atoms with Crippen LogP contribution in [0.1, 0.15) is 141 Å². The summed E-state index contributed by atoms with van der Waals surface area (Å²) in [6, 6.07) is 10.3. The summed E-state index contributed by atoms with van der Waals surface area (Å²) in [5, 5.41) is 0. The standard InChI is InChI=1S/C32H54O4/c1-2-3-4-5-6-7-8-9-12-15-21-28-35-31(33)26-19-13-10-11-14-20-27-32(34)36-29-22-25-30-23-17-16-18-24-30/h16-18,23-24H,2-15,19-22,25-29H2,1H3. The van der Waals surface area contributed by atoms with Crippen LogP contribution in [0, 0.1) is 0 Å². The summed E-state index contributed by atoms with van der Waals surface area (Å²) in [6.07, 6.45) is 23.3. The quantitative estimate of drug-likeness (QED) is 0.0988. The molecule has 0 saturated heterocycles. The molecule has 4 nitrogen and oxygen atoms in total. The fourth-order valence-electron chi connectivity index (χ4n) is 4.45. The number of rotatable bonds is 25. The molecule has 0 aliphatic carbocycles. The molecule has 0 saturated carbocycles. The monoisotopic (exact) mass is 502 g/mol. The molecule has 0 bridgehead atoms. The average Bonchev–Trinajstić information content (AvgIpc) is 2.89. The maximum absolute atomic E-state index is 11.9. The summed E-state index contributed by atoms with van der Waals surface area (Å²) in [6.45, 7) is 3.35. The van der Waals surface area contributed by atoms with Crippen LogP contribution in [0.3, 0.4) is 0 Å². The van der Waals surface area contributed by atoms with Crippen molar-refractivity contribution in [2.75, 3.05) is 13.2 Å². The van der Waals surface area contributed by atoms with E-state index in [1.807, 2.05) is 18.2 Å². The number of ether oxygens (including phenoxy) is 2. The van der Waals surface area contributed by atoms with Gasteiger partial charge in [-0.1, -0.05) is 127 Å². The predicted molar refractivity (Wildman–Crippen MR) is 150 cm³/mol. The summed E-state index contributed by atoms with van der Waals surface area (Å²) in [5.74, 6) is -0.124. The largest absolute Gasteiger partial charge is 0.466 e. The van der Waals surface area contributed by atoms with Crippen molar-refractivity contribution in [2.45, 2.75) is 142 Å². The number of hydrogen-bond acceptors (Lipinski definition) is 4. The Morgan fingerprint density at radius 3 is 1.44 bits per heavy atom. The first-order valence-electron chi connectivity index (χ1n) is 15.1. The first kappa shape index (κ1) is 32.2. The van der Waals surface area contributed by atoms with Crippen LogP contribution in [0.25, 0.3) is 0 Å². The molecule has 1 aromatic rings. The highest BCUT2D eigenvalue weighted by molar-refractivity contribution is 5.69. The molecule has 0 aliphatic rings. The van der Waals surface area contributed by atoms with Gasteiger partial charge in [0.05, 0.1) is 13.2 Å². The lowest BCUT2D eigenvalue weighted by Gasteiger charge is -2.06. The van der Waals surface area contributed by atoms with Gasteiger partial charge in [-0.15, -0.1) is 0 Å². The number of benzene rings is 1. The Morgan fingerprint density at radius 1 is 0.528 bits per heavy atom. The number of esters is 2. The minimum absolute atomic E-state index is 0.0444. The third-order valence-corrected chi connectivity index (χ3v) is 6.74. The topological polar surface area (TPSA) is 52.6 Å². The van der Waals surface area contributed by atoms with Crippen LogP contribution in [0.4, 0.5) is 0 Å². The number of aryl methyl sites for hydroxylation is 1. The molecule has 0 unspecified atom stereocenters. The Hall–Kier alpha value is -1.84. The fraction of sp³-hybridized carbons (Fsp3) is 0.750. The SMILES string of the molecule is CCCCCCCCCCCCCOC(=O)CCCCCCCCC(=O)OCCCc1ccccc1. The number of carbonyl (C=O) groups is 2. The van der Waals surface area contributed by atoms with Crippen molar-refractivity contribution < 1.29 is 19.1 Å². The van der Waals surface area contributed by atoms with E-state index in [2.05, 4.69) is 19.1 Å². The van der Waals surface area contributed by atoms with Crippen molar-refractivity contribution in [3.63, 3.8) is 0 Å². The second-order valence-electron chi connectivity index (χ2n) is 10.2. The van der Waals surface area contributed by atoms with Crippen LogP contribution in [0.15, 0.2) is 30.3 Å². The molecule has 0 atom stereocenters. The highest BCUT2D eigenvalue weighted by Crippen LogP contribution is 2.12. The molecular formula is C32H54O4. The Bertz CT molecular complexity index is 628. The highest BCUT2D eigenvalue weighted by atomic mass is 16.5. The highest BCUT2D eigenvalue weighted by Gasteiger charge is 2.04. The van der Waals surface area contributed by atoms with E-state index in [1.54, 1.807) is 0 Å². The van der Waals surface area contributed by atoms with Crippen molar-refractivity contribution in [3.05, 3.63) is 35.9 Å². The normalized spacial score (nSPS) is 10.9. The summed E-state index contributed by atoms with van der Waals surface area (Å²) in [4.78, 5) is 23.7. The molecule has 0 spiro atoms. The second-order valence-corrected chi connectivity index (χ2v) is 10.2. The van der Waals surface area contributed by atoms with Gasteiger partial charge in [0.2, 0.25) is 0 Å². The molecule has 1 aromatic carbocycles. The Kier molecular flexibility index (Phi) is 22.2. The van der Waals surface area contributed by atoms with Crippen molar-refractivity contribution >= 4 is 11.9 Å².